The number of cyclic esters (lactones) is 1. The highest BCUT2D eigenvalue weighted by Gasteiger charge is 2.39. The van der Waals surface area contributed by atoms with E-state index in [9.17, 15) is 9.59 Å². The predicted octanol–water partition coefficient (Wildman–Crippen LogP) is 0.900. The minimum Gasteiger partial charge on any atom is -0.478 e. The maximum absolute atomic E-state index is 11.1. The molecule has 0 unspecified atom stereocenters. The van der Waals surface area contributed by atoms with Crippen molar-refractivity contribution in [2.75, 3.05) is 0 Å². The molecular formula is C9H12O5. The fourth-order valence-corrected chi connectivity index (χ4v) is 0.901. The van der Waals surface area contributed by atoms with E-state index < -0.39 is 18.2 Å². The Morgan fingerprint density at radius 2 is 2.00 bits per heavy atom. The van der Waals surface area contributed by atoms with Gasteiger partial charge < -0.3 is 14.6 Å². The molecule has 1 aliphatic heterocycles. The number of hydrogen-bond acceptors (Lipinski definition) is 4. The van der Waals surface area contributed by atoms with Gasteiger partial charge in [0.15, 0.2) is 0 Å². The summed E-state index contributed by atoms with van der Waals surface area (Å²) in [6.07, 6.45) is -0.0192. The number of rotatable bonds is 1. The highest BCUT2D eigenvalue weighted by molar-refractivity contribution is 5.95. The first kappa shape index (κ1) is 10.6. The number of aliphatic carboxylic acids is 1. The van der Waals surface area contributed by atoms with E-state index in [-0.39, 0.29) is 11.2 Å². The maximum atomic E-state index is 11.1. The van der Waals surface area contributed by atoms with Crippen LogP contribution in [0.15, 0.2) is 11.8 Å². The van der Waals surface area contributed by atoms with Crippen molar-refractivity contribution in [3.63, 3.8) is 0 Å². The molecule has 1 rings (SSSR count). The van der Waals surface area contributed by atoms with Crippen LogP contribution in [0.1, 0.15) is 20.8 Å². The van der Waals surface area contributed by atoms with Crippen LogP contribution in [0.4, 0.5) is 0 Å². The molecule has 0 spiro atoms. The summed E-state index contributed by atoms with van der Waals surface area (Å²) in [5.41, 5.74) is -0.371. The Balaban J connectivity index is 2.80. The summed E-state index contributed by atoms with van der Waals surface area (Å²) in [5, 5.41) is 8.42. The number of carboxylic acids is 1. The van der Waals surface area contributed by atoms with Crippen LogP contribution >= 0.6 is 0 Å². The lowest BCUT2D eigenvalue weighted by Gasteiger charge is -2.23. The fourth-order valence-electron chi connectivity index (χ4n) is 0.901. The van der Waals surface area contributed by atoms with Crippen molar-refractivity contribution in [1.29, 1.82) is 0 Å². The van der Waals surface area contributed by atoms with Gasteiger partial charge in [0.1, 0.15) is 0 Å². The van der Waals surface area contributed by atoms with Gasteiger partial charge >= 0.3 is 11.9 Å². The average Bonchev–Trinajstić information content (AvgIpc) is 2.30. The zero-order valence-corrected chi connectivity index (χ0v) is 8.23. The smallest absolute Gasteiger partial charge is 0.377 e. The summed E-state index contributed by atoms with van der Waals surface area (Å²) < 4.78 is 9.90. The second kappa shape index (κ2) is 3.32. The molecule has 1 atom stereocenters. The van der Waals surface area contributed by atoms with Crippen molar-refractivity contribution in [2.45, 2.75) is 27.1 Å². The van der Waals surface area contributed by atoms with E-state index in [2.05, 4.69) is 0 Å². The molecule has 1 heterocycles. The standard InChI is InChI=1S/C9H12O5/c1-9(2,3)8-13-5(4-6(10)11)7(12)14-8/h4,8H,1-3H3,(H,10,11)/b5-4-/t8-/m0/s1. The third-order valence-electron chi connectivity index (χ3n) is 1.61. The van der Waals surface area contributed by atoms with Gasteiger partial charge in [-0.15, -0.1) is 0 Å². The lowest BCUT2D eigenvalue weighted by atomic mass is 9.96. The normalized spacial score (nSPS) is 24.6. The van der Waals surface area contributed by atoms with Crippen LogP contribution in [-0.2, 0) is 19.1 Å². The number of carboxylic acid groups (broad SMARTS) is 1. The van der Waals surface area contributed by atoms with Gasteiger partial charge in [-0.3, -0.25) is 0 Å². The van der Waals surface area contributed by atoms with Crippen LogP contribution in [-0.4, -0.2) is 23.3 Å². The van der Waals surface area contributed by atoms with E-state index in [0.29, 0.717) is 6.08 Å². The number of hydrogen-bond donors (Lipinski definition) is 1. The van der Waals surface area contributed by atoms with Crippen LogP contribution in [0.2, 0.25) is 0 Å². The molecule has 0 aromatic rings. The lowest BCUT2D eigenvalue weighted by molar-refractivity contribution is -0.154. The predicted molar refractivity (Wildman–Crippen MR) is 46.1 cm³/mol. The Bertz CT molecular complexity index is 297. The van der Waals surface area contributed by atoms with Gasteiger partial charge in [0, 0.05) is 5.41 Å². The van der Waals surface area contributed by atoms with E-state index in [1.165, 1.54) is 0 Å². The largest absolute Gasteiger partial charge is 0.478 e. The molecule has 14 heavy (non-hydrogen) atoms. The van der Waals surface area contributed by atoms with Crippen LogP contribution in [0.3, 0.4) is 0 Å². The Morgan fingerprint density at radius 1 is 1.43 bits per heavy atom. The second-order valence-electron chi connectivity index (χ2n) is 4.07. The first-order chi connectivity index (χ1) is 6.30. The minimum atomic E-state index is -1.23. The summed E-state index contributed by atoms with van der Waals surface area (Å²) >= 11 is 0. The Hall–Kier alpha value is -1.52. The number of ether oxygens (including phenoxy) is 2. The zero-order chi connectivity index (χ0) is 10.9. The SMILES string of the molecule is CC(C)(C)[C@@H]1OC(=O)/C(=C/C(=O)O)O1. The highest BCUT2D eigenvalue weighted by Crippen LogP contribution is 2.30. The first-order valence-electron chi connectivity index (χ1n) is 4.13. The number of carbonyl (C=O) groups excluding carboxylic acids is 1. The van der Waals surface area contributed by atoms with Gasteiger partial charge in [-0.2, -0.15) is 0 Å². The Labute approximate surface area is 81.3 Å². The Kier molecular flexibility index (Phi) is 2.51. The fraction of sp³-hybridized carbons (Fsp3) is 0.556. The van der Waals surface area contributed by atoms with Crippen molar-refractivity contribution in [1.82, 2.24) is 0 Å². The third-order valence-corrected chi connectivity index (χ3v) is 1.61. The molecule has 0 aromatic heterocycles. The topological polar surface area (TPSA) is 72.8 Å². The van der Waals surface area contributed by atoms with E-state index >= 15 is 0 Å². The van der Waals surface area contributed by atoms with Crippen molar-refractivity contribution in [3.05, 3.63) is 11.8 Å². The van der Waals surface area contributed by atoms with Gasteiger partial charge in [-0.25, -0.2) is 9.59 Å². The van der Waals surface area contributed by atoms with Crippen molar-refractivity contribution >= 4 is 11.9 Å². The molecule has 1 aliphatic rings. The number of carbonyl (C=O) groups is 2. The molecule has 78 valence electrons. The van der Waals surface area contributed by atoms with Gasteiger partial charge in [0.25, 0.3) is 0 Å². The maximum Gasteiger partial charge on any atom is 0.377 e. The summed E-state index contributed by atoms with van der Waals surface area (Å²) in [4.78, 5) is 21.4. The molecule has 0 radical (unpaired) electrons. The Morgan fingerprint density at radius 3 is 2.36 bits per heavy atom. The molecule has 1 N–H and O–H groups in total. The van der Waals surface area contributed by atoms with Crippen molar-refractivity contribution in [3.8, 4) is 0 Å². The molecule has 5 heteroatoms. The van der Waals surface area contributed by atoms with E-state index in [4.69, 9.17) is 14.6 Å². The lowest BCUT2D eigenvalue weighted by Crippen LogP contribution is -2.26. The second-order valence-corrected chi connectivity index (χ2v) is 4.07. The molecule has 0 amide bonds. The van der Waals surface area contributed by atoms with E-state index in [1.54, 1.807) is 0 Å². The van der Waals surface area contributed by atoms with Crippen LogP contribution in [0, 0.1) is 5.41 Å². The third kappa shape index (κ3) is 2.25. The summed E-state index contributed by atoms with van der Waals surface area (Å²) in [5.74, 6) is -2.21. The molecule has 0 saturated carbocycles. The van der Waals surface area contributed by atoms with Crippen LogP contribution < -0.4 is 0 Å². The van der Waals surface area contributed by atoms with Gasteiger partial charge in [0.2, 0.25) is 12.0 Å². The summed E-state index contributed by atoms with van der Waals surface area (Å²) in [7, 11) is 0. The monoisotopic (exact) mass is 200 g/mol. The average molecular weight is 200 g/mol. The van der Waals surface area contributed by atoms with Crippen LogP contribution in [0.25, 0.3) is 0 Å². The first-order valence-corrected chi connectivity index (χ1v) is 4.13. The number of esters is 1. The summed E-state index contributed by atoms with van der Waals surface area (Å²) in [6, 6.07) is 0. The van der Waals surface area contributed by atoms with Gasteiger partial charge in [0.05, 0.1) is 6.08 Å². The highest BCUT2D eigenvalue weighted by atomic mass is 16.7. The molecule has 1 fully saturated rings. The van der Waals surface area contributed by atoms with E-state index in [1.807, 2.05) is 20.8 Å². The minimum absolute atomic E-state index is 0.252. The van der Waals surface area contributed by atoms with Crippen LogP contribution in [0.5, 0.6) is 0 Å². The summed E-state index contributed by atoms with van der Waals surface area (Å²) in [6.45, 7) is 5.48. The molecule has 5 nitrogen and oxygen atoms in total. The van der Waals surface area contributed by atoms with Gasteiger partial charge in [-0.05, 0) is 0 Å². The molecular weight excluding hydrogens is 188 g/mol. The van der Waals surface area contributed by atoms with Crippen molar-refractivity contribution in [2.24, 2.45) is 5.41 Å². The van der Waals surface area contributed by atoms with Crippen molar-refractivity contribution < 1.29 is 24.2 Å². The molecule has 1 saturated heterocycles. The molecule has 0 bridgehead atoms. The van der Waals surface area contributed by atoms with E-state index in [0.717, 1.165) is 0 Å². The zero-order valence-electron chi connectivity index (χ0n) is 8.23. The van der Waals surface area contributed by atoms with Gasteiger partial charge in [-0.1, -0.05) is 20.8 Å². The molecule has 0 aromatic carbocycles. The molecule has 0 aliphatic carbocycles. The quantitative estimate of drug-likeness (QED) is 0.503.